The van der Waals surface area contributed by atoms with Crippen LogP contribution in [0.3, 0.4) is 0 Å². The first kappa shape index (κ1) is 23.4. The van der Waals surface area contributed by atoms with E-state index in [2.05, 4.69) is 32.1 Å². The standard InChI is InChI=1S/C24H30N4O4S/c1-17(2)22(26-23-19-10-6-7-11-21(19)33(30,31)27-23)24(29)25-16-20(18-8-4-3-5-9-18)28-12-14-32-15-13-28/h3-11,17,20,22H,12-16H2,1-2H3,(H,25,29)(H,26,27)/t20?,22-/m0/s1. The van der Waals surface area contributed by atoms with E-state index in [0.717, 1.165) is 18.7 Å². The van der Waals surface area contributed by atoms with Crippen LogP contribution in [0.25, 0.3) is 0 Å². The first-order valence-electron chi connectivity index (χ1n) is 11.2. The Bertz CT molecular complexity index is 1110. The Morgan fingerprint density at radius 3 is 2.45 bits per heavy atom. The van der Waals surface area contributed by atoms with Crippen molar-refractivity contribution in [2.75, 3.05) is 32.8 Å². The molecule has 2 aromatic carbocycles. The van der Waals surface area contributed by atoms with Gasteiger partial charge in [0.1, 0.15) is 11.9 Å². The van der Waals surface area contributed by atoms with Crippen molar-refractivity contribution in [1.82, 2.24) is 14.9 Å². The molecule has 33 heavy (non-hydrogen) atoms. The number of rotatable bonds is 7. The molecule has 1 saturated heterocycles. The van der Waals surface area contributed by atoms with E-state index in [9.17, 15) is 13.2 Å². The predicted molar refractivity (Wildman–Crippen MR) is 127 cm³/mol. The van der Waals surface area contributed by atoms with Crippen LogP contribution >= 0.6 is 0 Å². The fourth-order valence-corrected chi connectivity index (χ4v) is 5.44. The van der Waals surface area contributed by atoms with Crippen LogP contribution in [-0.2, 0) is 19.6 Å². The molecule has 2 aliphatic rings. The van der Waals surface area contributed by atoms with Crippen molar-refractivity contribution in [1.29, 1.82) is 0 Å². The lowest BCUT2D eigenvalue weighted by Crippen LogP contribution is -2.46. The number of sulfonamides is 1. The molecular weight excluding hydrogens is 440 g/mol. The molecule has 0 saturated carbocycles. The molecule has 4 rings (SSSR count). The van der Waals surface area contributed by atoms with E-state index in [1.165, 1.54) is 6.07 Å². The van der Waals surface area contributed by atoms with Gasteiger partial charge in [0.05, 0.1) is 24.2 Å². The average molecular weight is 471 g/mol. The zero-order valence-electron chi connectivity index (χ0n) is 18.9. The summed E-state index contributed by atoms with van der Waals surface area (Å²) < 4.78 is 32.8. The molecule has 2 aromatic rings. The summed E-state index contributed by atoms with van der Waals surface area (Å²) in [6.45, 7) is 7.16. The number of carbonyl (C=O) groups is 1. The quantitative estimate of drug-likeness (QED) is 0.644. The summed E-state index contributed by atoms with van der Waals surface area (Å²) in [7, 11) is -3.66. The number of aliphatic imine (C=N–C) groups is 1. The molecule has 9 heteroatoms. The maximum Gasteiger partial charge on any atom is 0.263 e. The first-order valence-corrected chi connectivity index (χ1v) is 12.7. The predicted octanol–water partition coefficient (Wildman–Crippen LogP) is 1.94. The van der Waals surface area contributed by atoms with E-state index in [-0.39, 0.29) is 28.6 Å². The highest BCUT2D eigenvalue weighted by molar-refractivity contribution is 7.90. The maximum absolute atomic E-state index is 13.2. The number of carbonyl (C=O) groups excluding carboxylic acids is 1. The van der Waals surface area contributed by atoms with Crippen molar-refractivity contribution in [3.8, 4) is 0 Å². The van der Waals surface area contributed by atoms with Crippen LogP contribution in [0.1, 0.15) is 31.0 Å². The van der Waals surface area contributed by atoms with Gasteiger partial charge < -0.3 is 10.1 Å². The van der Waals surface area contributed by atoms with E-state index >= 15 is 0 Å². The van der Waals surface area contributed by atoms with Gasteiger partial charge in [0.15, 0.2) is 0 Å². The lowest BCUT2D eigenvalue weighted by molar-refractivity contribution is -0.123. The van der Waals surface area contributed by atoms with Gasteiger partial charge in [-0.1, -0.05) is 56.3 Å². The molecule has 0 spiro atoms. The minimum Gasteiger partial charge on any atom is -0.379 e. The van der Waals surface area contributed by atoms with Gasteiger partial charge in [0.2, 0.25) is 5.91 Å². The van der Waals surface area contributed by atoms with Crippen molar-refractivity contribution in [3.05, 3.63) is 65.7 Å². The van der Waals surface area contributed by atoms with Gasteiger partial charge in [0.25, 0.3) is 10.0 Å². The third-order valence-electron chi connectivity index (χ3n) is 5.97. The average Bonchev–Trinajstić information content (AvgIpc) is 3.08. The molecule has 0 radical (unpaired) electrons. The van der Waals surface area contributed by atoms with Crippen LogP contribution in [0.4, 0.5) is 0 Å². The normalized spacial score (nSPS) is 20.8. The van der Waals surface area contributed by atoms with Crippen molar-refractivity contribution in [2.24, 2.45) is 10.9 Å². The first-order chi connectivity index (χ1) is 15.9. The van der Waals surface area contributed by atoms with E-state index in [1.807, 2.05) is 32.0 Å². The van der Waals surface area contributed by atoms with Crippen LogP contribution in [0.5, 0.6) is 0 Å². The maximum atomic E-state index is 13.2. The molecule has 8 nitrogen and oxygen atoms in total. The Morgan fingerprint density at radius 1 is 1.09 bits per heavy atom. The van der Waals surface area contributed by atoms with Crippen LogP contribution in [-0.4, -0.2) is 64.0 Å². The van der Waals surface area contributed by atoms with E-state index in [1.54, 1.807) is 18.2 Å². The number of benzene rings is 2. The second-order valence-corrected chi connectivity index (χ2v) is 10.2. The molecule has 0 bridgehead atoms. The largest absolute Gasteiger partial charge is 0.379 e. The summed E-state index contributed by atoms with van der Waals surface area (Å²) in [6.07, 6.45) is 0. The number of hydrogen-bond acceptors (Lipinski definition) is 6. The van der Waals surface area contributed by atoms with Gasteiger partial charge in [-0.05, 0) is 23.6 Å². The number of amidine groups is 1. The highest BCUT2D eigenvalue weighted by atomic mass is 32.2. The van der Waals surface area contributed by atoms with Gasteiger partial charge in [-0.25, -0.2) is 8.42 Å². The van der Waals surface area contributed by atoms with Gasteiger partial charge in [-0.3, -0.25) is 19.4 Å². The SMILES string of the molecule is CC(C)[C@H](N=C1NS(=O)(=O)c2ccccc21)C(=O)NCC(c1ccccc1)N1CCOCC1. The molecule has 2 heterocycles. The Hall–Kier alpha value is -2.75. The monoisotopic (exact) mass is 470 g/mol. The second kappa shape index (κ2) is 10.0. The Kier molecular flexibility index (Phi) is 7.11. The topological polar surface area (TPSA) is 100 Å². The number of fused-ring (bicyclic) bond motifs is 1. The van der Waals surface area contributed by atoms with Crippen molar-refractivity contribution < 1.29 is 17.9 Å². The molecule has 0 aliphatic carbocycles. The fraction of sp³-hybridized carbons (Fsp3) is 0.417. The van der Waals surface area contributed by atoms with Crippen LogP contribution in [0.2, 0.25) is 0 Å². The van der Waals surface area contributed by atoms with Crippen LogP contribution in [0, 0.1) is 5.92 Å². The molecular formula is C24H30N4O4S. The lowest BCUT2D eigenvalue weighted by atomic mass is 10.0. The molecule has 2 aliphatic heterocycles. The Morgan fingerprint density at radius 2 is 1.76 bits per heavy atom. The summed E-state index contributed by atoms with van der Waals surface area (Å²) in [4.78, 5) is 20.3. The highest BCUT2D eigenvalue weighted by Crippen LogP contribution is 2.24. The summed E-state index contributed by atoms with van der Waals surface area (Å²) in [6, 6.07) is 16.1. The lowest BCUT2D eigenvalue weighted by Gasteiger charge is -2.35. The van der Waals surface area contributed by atoms with E-state index in [0.29, 0.717) is 25.3 Å². The highest BCUT2D eigenvalue weighted by Gasteiger charge is 2.33. The molecule has 176 valence electrons. The second-order valence-electron chi connectivity index (χ2n) is 8.59. The Balaban J connectivity index is 1.53. The van der Waals surface area contributed by atoms with Gasteiger partial charge in [-0.2, -0.15) is 0 Å². The number of amides is 1. The van der Waals surface area contributed by atoms with Crippen molar-refractivity contribution in [2.45, 2.75) is 30.8 Å². The van der Waals surface area contributed by atoms with E-state index < -0.39 is 16.1 Å². The van der Waals surface area contributed by atoms with Crippen molar-refractivity contribution >= 4 is 21.8 Å². The number of hydrogen-bond donors (Lipinski definition) is 2. The minimum absolute atomic E-state index is 0.0187. The van der Waals surface area contributed by atoms with Crippen LogP contribution in [0.15, 0.2) is 64.5 Å². The van der Waals surface area contributed by atoms with Crippen molar-refractivity contribution in [3.63, 3.8) is 0 Å². The number of morpholine rings is 1. The molecule has 1 amide bonds. The third-order valence-corrected chi connectivity index (χ3v) is 7.37. The summed E-state index contributed by atoms with van der Waals surface area (Å²) >= 11 is 0. The van der Waals surface area contributed by atoms with Crippen LogP contribution < -0.4 is 10.0 Å². The Labute approximate surface area is 195 Å². The molecule has 2 atom stereocenters. The minimum atomic E-state index is -3.66. The summed E-state index contributed by atoms with van der Waals surface area (Å²) in [5.74, 6) is -0.129. The number of nitrogens with zero attached hydrogens (tertiary/aromatic N) is 2. The van der Waals surface area contributed by atoms with E-state index in [4.69, 9.17) is 4.74 Å². The summed E-state index contributed by atoms with van der Waals surface area (Å²) in [5.41, 5.74) is 1.62. The summed E-state index contributed by atoms with van der Waals surface area (Å²) in [5, 5.41) is 3.07. The molecule has 0 aromatic heterocycles. The number of nitrogens with one attached hydrogen (secondary N) is 2. The molecule has 1 unspecified atom stereocenters. The smallest absolute Gasteiger partial charge is 0.263 e. The third kappa shape index (κ3) is 5.26. The zero-order valence-corrected chi connectivity index (χ0v) is 19.7. The molecule has 2 N–H and O–H groups in total. The van der Waals surface area contributed by atoms with Gasteiger partial charge in [-0.15, -0.1) is 0 Å². The fourth-order valence-electron chi connectivity index (χ4n) is 4.20. The van der Waals surface area contributed by atoms with Gasteiger partial charge >= 0.3 is 0 Å². The molecule has 1 fully saturated rings. The zero-order chi connectivity index (χ0) is 23.4. The number of ether oxygens (including phenoxy) is 1. The van der Waals surface area contributed by atoms with Gasteiger partial charge in [0, 0.05) is 25.2 Å².